The molecule has 1 aromatic carbocycles. The van der Waals surface area contributed by atoms with Crippen LogP contribution in [0.15, 0.2) is 24.3 Å². The third kappa shape index (κ3) is 2.58. The summed E-state index contributed by atoms with van der Waals surface area (Å²) < 4.78 is 11.3. The van der Waals surface area contributed by atoms with Gasteiger partial charge in [0.05, 0.1) is 25.5 Å². The van der Waals surface area contributed by atoms with Crippen LogP contribution in [0.25, 0.3) is 11.3 Å². The molecule has 1 aliphatic rings. The molecule has 5 nitrogen and oxygen atoms in total. The number of rotatable bonds is 2. The van der Waals surface area contributed by atoms with E-state index in [0.29, 0.717) is 25.6 Å². The summed E-state index contributed by atoms with van der Waals surface area (Å²) in [7, 11) is 0. The van der Waals surface area contributed by atoms with Crippen molar-refractivity contribution >= 4 is 0 Å². The molecule has 1 aromatic heterocycles. The van der Waals surface area contributed by atoms with Crippen molar-refractivity contribution < 1.29 is 9.47 Å². The lowest BCUT2D eigenvalue weighted by molar-refractivity contribution is 0.297. The maximum absolute atomic E-state index is 5.70. The van der Waals surface area contributed by atoms with E-state index in [4.69, 9.17) is 15.2 Å². The molecule has 5 heteroatoms. The van der Waals surface area contributed by atoms with Crippen molar-refractivity contribution in [2.45, 2.75) is 19.9 Å². The number of hydrogen-bond acceptors (Lipinski definition) is 5. The number of benzene rings is 1. The van der Waals surface area contributed by atoms with Gasteiger partial charge in [-0.3, -0.25) is 0 Å². The van der Waals surface area contributed by atoms with Crippen molar-refractivity contribution in [1.82, 2.24) is 9.97 Å². The third-order valence-electron chi connectivity index (χ3n) is 3.13. The Bertz CT molecular complexity index is 629. The fourth-order valence-corrected chi connectivity index (χ4v) is 2.19. The molecule has 0 bridgehead atoms. The predicted molar refractivity (Wildman–Crippen MR) is 75.7 cm³/mol. The number of aromatic nitrogens is 2. The molecule has 20 heavy (non-hydrogen) atoms. The first kappa shape index (κ1) is 12.9. The largest absolute Gasteiger partial charge is 0.490 e. The van der Waals surface area contributed by atoms with Gasteiger partial charge >= 0.3 is 0 Å². The molecule has 0 saturated carbocycles. The van der Waals surface area contributed by atoms with Gasteiger partial charge in [0.25, 0.3) is 0 Å². The van der Waals surface area contributed by atoms with Gasteiger partial charge < -0.3 is 15.2 Å². The molecule has 0 aliphatic carbocycles. The molecule has 0 saturated heterocycles. The number of aryl methyl sites for hydroxylation is 1. The molecule has 0 spiro atoms. The molecule has 2 N–H and O–H groups in total. The van der Waals surface area contributed by atoms with Gasteiger partial charge in [0, 0.05) is 17.7 Å². The smallest absolute Gasteiger partial charge is 0.161 e. The summed E-state index contributed by atoms with van der Waals surface area (Å²) in [4.78, 5) is 8.75. The van der Waals surface area contributed by atoms with Crippen molar-refractivity contribution in [2.75, 3.05) is 13.2 Å². The molecule has 0 fully saturated rings. The minimum absolute atomic E-state index is 0.333. The standard InChI is InChI=1S/C15H17N3O2/c1-10-7-12(18-15(9-16)17-10)11-3-4-13-14(8-11)20-6-2-5-19-13/h3-4,7-8H,2,5-6,9,16H2,1H3. The summed E-state index contributed by atoms with van der Waals surface area (Å²) in [6.45, 7) is 3.64. The van der Waals surface area contributed by atoms with E-state index in [2.05, 4.69) is 9.97 Å². The van der Waals surface area contributed by atoms with E-state index in [9.17, 15) is 0 Å². The first-order valence-electron chi connectivity index (χ1n) is 6.71. The summed E-state index contributed by atoms with van der Waals surface area (Å²) in [5.74, 6) is 2.20. The number of fused-ring (bicyclic) bond motifs is 1. The van der Waals surface area contributed by atoms with Gasteiger partial charge in [-0.25, -0.2) is 9.97 Å². The Kier molecular flexibility index (Phi) is 3.52. The average Bonchev–Trinajstić information content (AvgIpc) is 2.70. The molecule has 1 aliphatic heterocycles. The van der Waals surface area contributed by atoms with Crippen LogP contribution in [0.3, 0.4) is 0 Å². The predicted octanol–water partition coefficient (Wildman–Crippen LogP) is 2.07. The molecular weight excluding hydrogens is 254 g/mol. The fraction of sp³-hybridized carbons (Fsp3) is 0.333. The lowest BCUT2D eigenvalue weighted by atomic mass is 10.1. The maximum atomic E-state index is 5.70. The van der Waals surface area contributed by atoms with Gasteiger partial charge in [-0.05, 0) is 31.2 Å². The highest BCUT2D eigenvalue weighted by molar-refractivity contribution is 5.64. The summed E-state index contributed by atoms with van der Waals surface area (Å²) in [6.07, 6.45) is 0.897. The Hall–Kier alpha value is -2.14. The van der Waals surface area contributed by atoms with Crippen LogP contribution in [0.2, 0.25) is 0 Å². The van der Waals surface area contributed by atoms with E-state index < -0.39 is 0 Å². The molecule has 104 valence electrons. The molecule has 0 radical (unpaired) electrons. The second-order valence-electron chi connectivity index (χ2n) is 4.73. The second-order valence-corrected chi connectivity index (χ2v) is 4.73. The quantitative estimate of drug-likeness (QED) is 0.905. The summed E-state index contributed by atoms with van der Waals surface area (Å²) in [6, 6.07) is 7.81. The van der Waals surface area contributed by atoms with Crippen LogP contribution < -0.4 is 15.2 Å². The lowest BCUT2D eigenvalue weighted by Gasteiger charge is -2.10. The Morgan fingerprint density at radius 3 is 2.70 bits per heavy atom. The Labute approximate surface area is 117 Å². The zero-order valence-electron chi connectivity index (χ0n) is 11.4. The van der Waals surface area contributed by atoms with Crippen molar-refractivity contribution in [3.05, 3.63) is 35.8 Å². The monoisotopic (exact) mass is 271 g/mol. The Morgan fingerprint density at radius 2 is 1.90 bits per heavy atom. The van der Waals surface area contributed by atoms with Gasteiger partial charge in [0.1, 0.15) is 5.82 Å². The van der Waals surface area contributed by atoms with Gasteiger partial charge in [-0.1, -0.05) is 0 Å². The number of nitrogens with zero attached hydrogens (tertiary/aromatic N) is 2. The summed E-state index contributed by atoms with van der Waals surface area (Å²) >= 11 is 0. The SMILES string of the molecule is Cc1cc(-c2ccc3c(c2)OCCCO3)nc(CN)n1. The molecule has 3 rings (SSSR count). The number of nitrogens with two attached hydrogens (primary N) is 1. The van der Waals surface area contributed by atoms with E-state index in [1.165, 1.54) is 0 Å². The highest BCUT2D eigenvalue weighted by Gasteiger charge is 2.12. The van der Waals surface area contributed by atoms with Crippen LogP contribution in [0.4, 0.5) is 0 Å². The average molecular weight is 271 g/mol. The molecule has 2 heterocycles. The molecule has 0 amide bonds. The van der Waals surface area contributed by atoms with Gasteiger partial charge in [-0.2, -0.15) is 0 Å². The summed E-state index contributed by atoms with van der Waals surface area (Å²) in [5, 5.41) is 0. The van der Waals surface area contributed by atoms with Crippen molar-refractivity contribution in [2.24, 2.45) is 5.73 Å². The van der Waals surface area contributed by atoms with Crippen LogP contribution in [-0.2, 0) is 6.54 Å². The van der Waals surface area contributed by atoms with Crippen LogP contribution in [0.1, 0.15) is 17.9 Å². The van der Waals surface area contributed by atoms with Gasteiger partial charge in [0.2, 0.25) is 0 Å². The number of hydrogen-bond donors (Lipinski definition) is 1. The van der Waals surface area contributed by atoms with E-state index in [0.717, 1.165) is 34.9 Å². The molecule has 0 unspecified atom stereocenters. The summed E-state index contributed by atoms with van der Waals surface area (Å²) in [5.41, 5.74) is 8.37. The van der Waals surface area contributed by atoms with Crippen LogP contribution >= 0.6 is 0 Å². The molecule has 2 aromatic rings. The van der Waals surface area contributed by atoms with Crippen LogP contribution in [0.5, 0.6) is 11.5 Å². The topological polar surface area (TPSA) is 70.3 Å². The highest BCUT2D eigenvalue weighted by Crippen LogP contribution is 2.33. The van der Waals surface area contributed by atoms with E-state index in [1.807, 2.05) is 31.2 Å². The Morgan fingerprint density at radius 1 is 1.10 bits per heavy atom. The van der Waals surface area contributed by atoms with Crippen LogP contribution in [0, 0.1) is 6.92 Å². The van der Waals surface area contributed by atoms with Gasteiger partial charge in [-0.15, -0.1) is 0 Å². The maximum Gasteiger partial charge on any atom is 0.161 e. The van der Waals surface area contributed by atoms with Crippen molar-refractivity contribution in [1.29, 1.82) is 0 Å². The Balaban J connectivity index is 2.02. The van der Waals surface area contributed by atoms with Gasteiger partial charge in [0.15, 0.2) is 11.5 Å². The van der Waals surface area contributed by atoms with Crippen molar-refractivity contribution in [3.8, 4) is 22.8 Å². The molecule has 0 atom stereocenters. The molecular formula is C15H17N3O2. The third-order valence-corrected chi connectivity index (χ3v) is 3.13. The fourth-order valence-electron chi connectivity index (χ4n) is 2.19. The first-order chi connectivity index (χ1) is 9.76. The number of ether oxygens (including phenoxy) is 2. The normalized spacial score (nSPS) is 13.9. The zero-order chi connectivity index (χ0) is 13.9. The lowest BCUT2D eigenvalue weighted by Crippen LogP contribution is -2.05. The minimum atomic E-state index is 0.333. The van der Waals surface area contributed by atoms with Crippen LogP contribution in [-0.4, -0.2) is 23.2 Å². The minimum Gasteiger partial charge on any atom is -0.490 e. The van der Waals surface area contributed by atoms with E-state index >= 15 is 0 Å². The van der Waals surface area contributed by atoms with E-state index in [-0.39, 0.29) is 0 Å². The van der Waals surface area contributed by atoms with E-state index in [1.54, 1.807) is 0 Å². The van der Waals surface area contributed by atoms with Crippen molar-refractivity contribution in [3.63, 3.8) is 0 Å². The zero-order valence-corrected chi connectivity index (χ0v) is 11.4. The second kappa shape index (κ2) is 5.46. The highest BCUT2D eigenvalue weighted by atomic mass is 16.5. The first-order valence-corrected chi connectivity index (χ1v) is 6.71.